The van der Waals surface area contributed by atoms with Gasteiger partial charge in [-0.15, -0.1) is 6.58 Å². The number of hydrogen-bond acceptors (Lipinski definition) is 0. The average molecular weight is 124 g/mol. The normalized spacial score (nSPS) is 22.1. The first-order valence-corrected chi connectivity index (χ1v) is 3.88. The van der Waals surface area contributed by atoms with E-state index < -0.39 is 0 Å². The minimum absolute atomic E-state index is 0.796. The van der Waals surface area contributed by atoms with Crippen molar-refractivity contribution in [3.8, 4) is 0 Å². The van der Waals surface area contributed by atoms with E-state index in [0.717, 1.165) is 17.8 Å². The molecular formula is C9H16. The third-order valence-electron chi connectivity index (χ3n) is 2.21. The summed E-state index contributed by atoms with van der Waals surface area (Å²) in [6.45, 7) is 8.41. The van der Waals surface area contributed by atoms with E-state index >= 15 is 0 Å². The molecule has 0 amide bonds. The number of rotatable bonds is 3. The van der Waals surface area contributed by atoms with Crippen LogP contribution in [0.4, 0.5) is 0 Å². The van der Waals surface area contributed by atoms with Crippen LogP contribution in [0, 0.1) is 17.8 Å². The molecule has 1 aliphatic carbocycles. The molecule has 1 atom stereocenters. The van der Waals surface area contributed by atoms with Crippen molar-refractivity contribution in [1.29, 1.82) is 0 Å². The SMILES string of the molecule is C=CC(C(C)C)C1CC1. The molecule has 0 heteroatoms. The van der Waals surface area contributed by atoms with Gasteiger partial charge in [-0.1, -0.05) is 19.9 Å². The van der Waals surface area contributed by atoms with E-state index in [-0.39, 0.29) is 0 Å². The summed E-state index contributed by atoms with van der Waals surface area (Å²) in [4.78, 5) is 0. The molecule has 0 bridgehead atoms. The Morgan fingerprint density at radius 1 is 1.44 bits per heavy atom. The zero-order valence-electron chi connectivity index (χ0n) is 6.43. The summed E-state index contributed by atoms with van der Waals surface area (Å²) in [5, 5.41) is 0. The van der Waals surface area contributed by atoms with E-state index in [0.29, 0.717) is 0 Å². The molecule has 0 aromatic rings. The van der Waals surface area contributed by atoms with Crippen LogP contribution in [-0.4, -0.2) is 0 Å². The smallest absolute Gasteiger partial charge is 0.0185 e. The molecule has 1 saturated carbocycles. The van der Waals surface area contributed by atoms with Gasteiger partial charge < -0.3 is 0 Å². The highest BCUT2D eigenvalue weighted by Crippen LogP contribution is 2.40. The first kappa shape index (κ1) is 6.85. The van der Waals surface area contributed by atoms with Gasteiger partial charge in [0.15, 0.2) is 0 Å². The molecule has 0 aromatic heterocycles. The van der Waals surface area contributed by atoms with Crippen LogP contribution >= 0.6 is 0 Å². The van der Waals surface area contributed by atoms with E-state index in [1.54, 1.807) is 0 Å². The molecule has 1 rings (SSSR count). The Kier molecular flexibility index (Phi) is 1.94. The maximum Gasteiger partial charge on any atom is -0.0185 e. The first-order chi connectivity index (χ1) is 4.25. The van der Waals surface area contributed by atoms with Gasteiger partial charge in [0, 0.05) is 0 Å². The van der Waals surface area contributed by atoms with Gasteiger partial charge in [-0.2, -0.15) is 0 Å². The summed E-state index contributed by atoms with van der Waals surface area (Å²) in [6.07, 6.45) is 5.01. The number of hydrogen-bond donors (Lipinski definition) is 0. The summed E-state index contributed by atoms with van der Waals surface area (Å²) in [6, 6.07) is 0. The van der Waals surface area contributed by atoms with Gasteiger partial charge in [0.25, 0.3) is 0 Å². The molecule has 0 saturated heterocycles. The predicted molar refractivity (Wildman–Crippen MR) is 41.2 cm³/mol. The lowest BCUT2D eigenvalue weighted by molar-refractivity contribution is 0.418. The molecule has 0 spiro atoms. The summed E-state index contributed by atoms with van der Waals surface area (Å²) in [5.41, 5.74) is 0. The Balaban J connectivity index is 2.37. The fourth-order valence-corrected chi connectivity index (χ4v) is 1.49. The molecule has 0 radical (unpaired) electrons. The van der Waals surface area contributed by atoms with Crippen LogP contribution in [0.15, 0.2) is 12.7 Å². The van der Waals surface area contributed by atoms with E-state index in [4.69, 9.17) is 0 Å². The molecule has 0 N–H and O–H groups in total. The van der Waals surface area contributed by atoms with Gasteiger partial charge in [0.1, 0.15) is 0 Å². The van der Waals surface area contributed by atoms with Crippen molar-refractivity contribution < 1.29 is 0 Å². The summed E-state index contributed by atoms with van der Waals surface area (Å²) in [5.74, 6) is 2.59. The quantitative estimate of drug-likeness (QED) is 0.507. The minimum atomic E-state index is 0.796. The van der Waals surface area contributed by atoms with Crippen LogP contribution in [0.2, 0.25) is 0 Å². The van der Waals surface area contributed by atoms with Gasteiger partial charge in [-0.25, -0.2) is 0 Å². The average Bonchev–Trinajstić information content (AvgIpc) is 2.50. The van der Waals surface area contributed by atoms with Crippen molar-refractivity contribution in [2.45, 2.75) is 26.7 Å². The molecule has 0 heterocycles. The zero-order chi connectivity index (χ0) is 6.85. The van der Waals surface area contributed by atoms with Crippen molar-refractivity contribution in [3.63, 3.8) is 0 Å². The summed E-state index contributed by atoms with van der Waals surface area (Å²) < 4.78 is 0. The lowest BCUT2D eigenvalue weighted by Crippen LogP contribution is -2.06. The van der Waals surface area contributed by atoms with Crippen molar-refractivity contribution in [1.82, 2.24) is 0 Å². The maximum absolute atomic E-state index is 3.84. The maximum atomic E-state index is 3.84. The highest BCUT2D eigenvalue weighted by Gasteiger charge is 2.30. The molecule has 0 aliphatic heterocycles. The van der Waals surface area contributed by atoms with Crippen LogP contribution in [0.25, 0.3) is 0 Å². The second-order valence-electron chi connectivity index (χ2n) is 3.39. The Morgan fingerprint density at radius 2 is 2.00 bits per heavy atom. The Labute approximate surface area is 58.0 Å². The predicted octanol–water partition coefficient (Wildman–Crippen LogP) is 2.85. The molecule has 0 aromatic carbocycles. The largest absolute Gasteiger partial charge is 0.103 e. The van der Waals surface area contributed by atoms with E-state index in [2.05, 4.69) is 26.5 Å². The van der Waals surface area contributed by atoms with Crippen molar-refractivity contribution in [2.75, 3.05) is 0 Å². The fraction of sp³-hybridized carbons (Fsp3) is 0.778. The molecule has 1 aliphatic rings. The Morgan fingerprint density at radius 3 is 2.11 bits per heavy atom. The van der Waals surface area contributed by atoms with Crippen LogP contribution in [0.1, 0.15) is 26.7 Å². The van der Waals surface area contributed by atoms with Gasteiger partial charge in [-0.05, 0) is 30.6 Å². The van der Waals surface area contributed by atoms with Crippen LogP contribution < -0.4 is 0 Å². The van der Waals surface area contributed by atoms with E-state index in [9.17, 15) is 0 Å². The van der Waals surface area contributed by atoms with Crippen LogP contribution in [0.5, 0.6) is 0 Å². The number of allylic oxidation sites excluding steroid dienone is 1. The van der Waals surface area contributed by atoms with Crippen LogP contribution in [0.3, 0.4) is 0 Å². The highest BCUT2D eigenvalue weighted by atomic mass is 14.4. The van der Waals surface area contributed by atoms with Crippen molar-refractivity contribution in [3.05, 3.63) is 12.7 Å². The Hall–Kier alpha value is -0.260. The van der Waals surface area contributed by atoms with Gasteiger partial charge >= 0.3 is 0 Å². The molecule has 9 heavy (non-hydrogen) atoms. The lowest BCUT2D eigenvalue weighted by Gasteiger charge is -2.14. The second-order valence-corrected chi connectivity index (χ2v) is 3.39. The van der Waals surface area contributed by atoms with Gasteiger partial charge in [0.05, 0.1) is 0 Å². The zero-order valence-corrected chi connectivity index (χ0v) is 6.43. The molecule has 0 nitrogen and oxygen atoms in total. The third kappa shape index (κ3) is 1.57. The van der Waals surface area contributed by atoms with Crippen molar-refractivity contribution >= 4 is 0 Å². The van der Waals surface area contributed by atoms with Gasteiger partial charge in [0.2, 0.25) is 0 Å². The standard InChI is InChI=1S/C9H16/c1-4-9(7(2)3)8-5-6-8/h4,7-9H,1,5-6H2,2-3H3. The lowest BCUT2D eigenvalue weighted by atomic mass is 9.91. The van der Waals surface area contributed by atoms with Gasteiger partial charge in [-0.3, -0.25) is 0 Å². The minimum Gasteiger partial charge on any atom is -0.103 e. The molecule has 52 valence electrons. The molecule has 1 unspecified atom stereocenters. The van der Waals surface area contributed by atoms with E-state index in [1.165, 1.54) is 12.8 Å². The monoisotopic (exact) mass is 124 g/mol. The Bertz CT molecular complexity index is 96.6. The van der Waals surface area contributed by atoms with Crippen molar-refractivity contribution in [2.24, 2.45) is 17.8 Å². The molecule has 1 fully saturated rings. The summed E-state index contributed by atoms with van der Waals surface area (Å²) in [7, 11) is 0. The topological polar surface area (TPSA) is 0 Å². The molecular weight excluding hydrogens is 108 g/mol. The summed E-state index contributed by atoms with van der Waals surface area (Å²) >= 11 is 0. The highest BCUT2D eigenvalue weighted by molar-refractivity contribution is 4.92. The first-order valence-electron chi connectivity index (χ1n) is 3.88. The van der Waals surface area contributed by atoms with Crippen LogP contribution in [-0.2, 0) is 0 Å². The third-order valence-corrected chi connectivity index (χ3v) is 2.21. The second kappa shape index (κ2) is 2.55. The fourth-order valence-electron chi connectivity index (χ4n) is 1.49. The van der Waals surface area contributed by atoms with E-state index in [1.807, 2.05) is 0 Å².